The van der Waals surface area contributed by atoms with Crippen molar-refractivity contribution in [1.82, 2.24) is 14.9 Å². The smallest absolute Gasteiger partial charge is 0.418 e. The van der Waals surface area contributed by atoms with E-state index in [0.717, 1.165) is 5.56 Å². The molecule has 1 atom stereocenters. The van der Waals surface area contributed by atoms with Crippen molar-refractivity contribution in [3.63, 3.8) is 0 Å². The second-order valence-corrected chi connectivity index (χ2v) is 8.73. The molecule has 2 aliphatic heterocycles. The van der Waals surface area contributed by atoms with Crippen LogP contribution in [-0.4, -0.2) is 59.6 Å². The van der Waals surface area contributed by atoms with Crippen LogP contribution in [0.15, 0.2) is 42.9 Å². The molecule has 3 amide bonds. The first kappa shape index (κ1) is 26.3. The number of cyclic esters (lactones) is 1. The third-order valence-corrected chi connectivity index (χ3v) is 5.91. The number of methoxy groups -OCH3 is 1. The van der Waals surface area contributed by atoms with E-state index in [4.69, 9.17) is 9.47 Å². The summed E-state index contributed by atoms with van der Waals surface area (Å²) >= 11 is 0. The molecule has 0 fully saturated rings. The second kappa shape index (κ2) is 12.0. The Bertz CT molecular complexity index is 1330. The van der Waals surface area contributed by atoms with Gasteiger partial charge in [0.1, 0.15) is 23.4 Å². The van der Waals surface area contributed by atoms with E-state index in [2.05, 4.69) is 26.7 Å². The molecule has 38 heavy (non-hydrogen) atoms. The Morgan fingerprint density at radius 1 is 1.37 bits per heavy atom. The first-order valence-corrected chi connectivity index (χ1v) is 12.0. The third kappa shape index (κ3) is 5.96. The lowest BCUT2D eigenvalue weighted by molar-refractivity contribution is 0.111. The van der Waals surface area contributed by atoms with Gasteiger partial charge < -0.3 is 14.8 Å². The van der Waals surface area contributed by atoms with E-state index in [1.54, 1.807) is 37.6 Å². The molecule has 2 aromatic rings. The Morgan fingerprint density at radius 3 is 2.97 bits per heavy atom. The van der Waals surface area contributed by atoms with Gasteiger partial charge >= 0.3 is 12.1 Å². The highest BCUT2D eigenvalue weighted by molar-refractivity contribution is 6.01. The zero-order valence-electron chi connectivity index (χ0n) is 21.0. The van der Waals surface area contributed by atoms with Gasteiger partial charge in [-0.2, -0.15) is 5.26 Å². The molecule has 2 aliphatic rings. The van der Waals surface area contributed by atoms with Crippen LogP contribution in [0.2, 0.25) is 0 Å². The number of aldehydes is 1. The summed E-state index contributed by atoms with van der Waals surface area (Å²) in [6.45, 7) is 2.81. The number of pyridine rings is 2. The number of amides is 3. The normalized spacial score (nSPS) is 15.1. The number of urea groups is 1. The number of nitriles is 1. The minimum Gasteiger partial charge on any atom is -0.418 e. The standard InChI is InChI=1S/C26H27N7O5/c1-17(16-37-2)29-21-11-23(28-13-20(21)12-27)31-25(35)33-8-5-6-18-10-19(22(15-34)30-24(18)33)14-32-7-3-4-9-38-26(32)36/h3-4,7,9-11,13,15,17H,5-6,8,14,16H2,1-2H3,(H2,28,29,31,35)/t17-/m1/s1. The van der Waals surface area contributed by atoms with Crippen molar-refractivity contribution < 1.29 is 23.9 Å². The molecule has 2 N–H and O–H groups in total. The Labute approximate surface area is 219 Å². The maximum Gasteiger partial charge on any atom is 0.418 e. The van der Waals surface area contributed by atoms with Crippen molar-refractivity contribution in [3.05, 3.63) is 65.3 Å². The number of ether oxygens (including phenoxy) is 2. The van der Waals surface area contributed by atoms with Gasteiger partial charge in [0.15, 0.2) is 6.29 Å². The highest BCUT2D eigenvalue weighted by atomic mass is 16.5. The maximum absolute atomic E-state index is 13.3. The zero-order valence-corrected chi connectivity index (χ0v) is 21.0. The maximum atomic E-state index is 13.3. The molecule has 12 nitrogen and oxygen atoms in total. The minimum atomic E-state index is -0.578. The summed E-state index contributed by atoms with van der Waals surface area (Å²) in [6.07, 6.45) is 8.82. The molecular formula is C26H27N7O5. The number of fused-ring (bicyclic) bond motifs is 1. The quantitative estimate of drug-likeness (QED) is 0.501. The molecule has 0 radical (unpaired) electrons. The predicted molar refractivity (Wildman–Crippen MR) is 139 cm³/mol. The number of aromatic nitrogens is 2. The van der Waals surface area contributed by atoms with E-state index in [1.807, 2.05) is 6.92 Å². The fraction of sp³-hybridized carbons (Fsp3) is 0.308. The van der Waals surface area contributed by atoms with Gasteiger partial charge in [-0.15, -0.1) is 0 Å². The zero-order chi connectivity index (χ0) is 27.1. The molecule has 4 heterocycles. The number of rotatable bonds is 8. The van der Waals surface area contributed by atoms with Crippen molar-refractivity contribution in [2.24, 2.45) is 0 Å². The van der Waals surface area contributed by atoms with E-state index < -0.39 is 12.1 Å². The number of hydrogen-bond acceptors (Lipinski definition) is 9. The van der Waals surface area contributed by atoms with Crippen molar-refractivity contribution >= 4 is 35.7 Å². The summed E-state index contributed by atoms with van der Waals surface area (Å²) in [7, 11) is 1.59. The van der Waals surface area contributed by atoms with E-state index in [9.17, 15) is 19.6 Å². The van der Waals surface area contributed by atoms with E-state index in [0.29, 0.717) is 54.9 Å². The van der Waals surface area contributed by atoms with Crippen LogP contribution >= 0.6 is 0 Å². The van der Waals surface area contributed by atoms with Crippen LogP contribution in [0.5, 0.6) is 0 Å². The topological polar surface area (TPSA) is 150 Å². The number of carbonyl (C=O) groups excluding carboxylic acids is 3. The lowest BCUT2D eigenvalue weighted by Crippen LogP contribution is -2.40. The van der Waals surface area contributed by atoms with Crippen LogP contribution < -0.4 is 15.5 Å². The van der Waals surface area contributed by atoms with Crippen molar-refractivity contribution in [2.75, 3.05) is 35.8 Å². The first-order chi connectivity index (χ1) is 18.4. The van der Waals surface area contributed by atoms with Gasteiger partial charge in [-0.25, -0.2) is 19.6 Å². The summed E-state index contributed by atoms with van der Waals surface area (Å²) in [5, 5.41) is 15.4. The largest absolute Gasteiger partial charge is 0.418 e. The molecule has 0 aromatic carbocycles. The number of nitrogens with zero attached hydrogens (tertiary/aromatic N) is 5. The SMILES string of the molecule is COC[C@@H](C)Nc1cc(NC(=O)N2CCCc3cc(CN4C=CC=COC4=O)c(C=O)nc32)ncc1C#N. The Hall–Kier alpha value is -4.76. The molecule has 0 aliphatic carbocycles. The van der Waals surface area contributed by atoms with Gasteiger partial charge in [0, 0.05) is 43.7 Å². The van der Waals surface area contributed by atoms with Crippen LogP contribution in [-0.2, 0) is 22.4 Å². The third-order valence-electron chi connectivity index (χ3n) is 5.91. The molecule has 0 saturated heterocycles. The van der Waals surface area contributed by atoms with Crippen LogP contribution in [0.1, 0.15) is 40.5 Å². The monoisotopic (exact) mass is 517 g/mol. The second-order valence-electron chi connectivity index (χ2n) is 8.73. The number of anilines is 3. The van der Waals surface area contributed by atoms with Crippen LogP contribution in [0, 0.1) is 11.3 Å². The number of carbonyl (C=O) groups is 3. The van der Waals surface area contributed by atoms with Crippen LogP contribution in [0.25, 0.3) is 0 Å². The summed E-state index contributed by atoms with van der Waals surface area (Å²) in [5.41, 5.74) is 2.29. The predicted octanol–water partition coefficient (Wildman–Crippen LogP) is 3.57. The summed E-state index contributed by atoms with van der Waals surface area (Å²) in [4.78, 5) is 48.8. The molecule has 4 rings (SSSR count). The number of nitrogens with one attached hydrogen (secondary N) is 2. The molecule has 0 saturated carbocycles. The molecule has 12 heteroatoms. The minimum absolute atomic E-state index is 0.0740. The van der Waals surface area contributed by atoms with E-state index in [1.165, 1.54) is 22.3 Å². The Kier molecular flexibility index (Phi) is 8.30. The molecular weight excluding hydrogens is 490 g/mol. The van der Waals surface area contributed by atoms with Crippen molar-refractivity contribution in [3.8, 4) is 6.07 Å². The summed E-state index contributed by atoms with van der Waals surface area (Å²) < 4.78 is 10.1. The van der Waals surface area contributed by atoms with E-state index in [-0.39, 0.29) is 24.1 Å². The van der Waals surface area contributed by atoms with Gasteiger partial charge in [0.25, 0.3) is 0 Å². The average Bonchev–Trinajstić information content (AvgIpc) is 3.11. The van der Waals surface area contributed by atoms with Crippen molar-refractivity contribution in [1.29, 1.82) is 5.26 Å². The van der Waals surface area contributed by atoms with Gasteiger partial charge in [0.2, 0.25) is 0 Å². The Balaban J connectivity index is 1.56. The molecule has 0 bridgehead atoms. The molecule has 2 aromatic heterocycles. The lowest BCUT2D eigenvalue weighted by Gasteiger charge is -2.29. The van der Waals surface area contributed by atoms with Crippen molar-refractivity contribution in [2.45, 2.75) is 32.4 Å². The average molecular weight is 518 g/mol. The highest BCUT2D eigenvalue weighted by Gasteiger charge is 2.27. The highest BCUT2D eigenvalue weighted by Crippen LogP contribution is 2.29. The van der Waals surface area contributed by atoms with Gasteiger partial charge in [0.05, 0.1) is 30.7 Å². The number of aryl methyl sites for hydroxylation is 1. The summed E-state index contributed by atoms with van der Waals surface area (Å²) in [6, 6.07) is 4.92. The van der Waals surface area contributed by atoms with Crippen LogP contribution in [0.3, 0.4) is 0 Å². The number of hydrogen-bond donors (Lipinski definition) is 2. The lowest BCUT2D eigenvalue weighted by atomic mass is 10.0. The molecule has 0 unspecified atom stereocenters. The van der Waals surface area contributed by atoms with Gasteiger partial charge in [-0.05, 0) is 43.5 Å². The first-order valence-electron chi connectivity index (χ1n) is 12.0. The fourth-order valence-corrected chi connectivity index (χ4v) is 4.18. The van der Waals surface area contributed by atoms with Gasteiger partial charge in [-0.3, -0.25) is 19.9 Å². The Morgan fingerprint density at radius 2 is 2.21 bits per heavy atom. The van der Waals surface area contributed by atoms with E-state index >= 15 is 0 Å². The van der Waals surface area contributed by atoms with Gasteiger partial charge in [-0.1, -0.05) is 0 Å². The molecule has 196 valence electrons. The fourth-order valence-electron chi connectivity index (χ4n) is 4.18. The van der Waals surface area contributed by atoms with Crippen LogP contribution in [0.4, 0.5) is 26.9 Å². The molecule has 0 spiro atoms. The summed E-state index contributed by atoms with van der Waals surface area (Å²) in [5.74, 6) is 0.622. The number of allylic oxidation sites excluding steroid dienone is 2.